The van der Waals surface area contributed by atoms with E-state index < -0.39 is 12.1 Å². The van der Waals surface area contributed by atoms with Gasteiger partial charge in [-0.05, 0) is 37.1 Å². The molecule has 0 bridgehead atoms. The molecule has 16 heavy (non-hydrogen) atoms. The van der Waals surface area contributed by atoms with Gasteiger partial charge in [-0.25, -0.2) is 4.79 Å². The SMILES string of the molecule is CC(Oc1ccc2c(c1)CCC2=O)C(=O)O. The summed E-state index contributed by atoms with van der Waals surface area (Å²) < 4.78 is 5.23. The number of carboxylic acids is 1. The molecule has 1 aromatic carbocycles. The smallest absolute Gasteiger partial charge is 0.344 e. The Labute approximate surface area is 92.8 Å². The van der Waals surface area contributed by atoms with Crippen LogP contribution in [0.3, 0.4) is 0 Å². The third-order valence-corrected chi connectivity index (χ3v) is 2.66. The predicted molar refractivity (Wildman–Crippen MR) is 56.8 cm³/mol. The molecule has 0 aliphatic heterocycles. The lowest BCUT2D eigenvalue weighted by Gasteiger charge is -2.11. The molecule has 0 amide bonds. The van der Waals surface area contributed by atoms with Crippen LogP contribution in [0.2, 0.25) is 0 Å². The quantitative estimate of drug-likeness (QED) is 0.841. The van der Waals surface area contributed by atoms with Gasteiger partial charge in [0.15, 0.2) is 11.9 Å². The van der Waals surface area contributed by atoms with E-state index in [9.17, 15) is 9.59 Å². The van der Waals surface area contributed by atoms with Crippen LogP contribution >= 0.6 is 0 Å². The maximum absolute atomic E-state index is 11.4. The molecule has 1 N–H and O–H groups in total. The Morgan fingerprint density at radius 1 is 1.44 bits per heavy atom. The van der Waals surface area contributed by atoms with Gasteiger partial charge in [-0.1, -0.05) is 0 Å². The standard InChI is InChI=1S/C12H12O4/c1-7(12(14)15)16-9-3-4-10-8(6-9)2-5-11(10)13/h3-4,6-7H,2,5H2,1H3,(H,14,15). The molecule has 0 spiro atoms. The number of carbonyl (C=O) groups is 2. The van der Waals surface area contributed by atoms with Crippen LogP contribution in [0.5, 0.6) is 5.75 Å². The first-order chi connectivity index (χ1) is 7.58. The van der Waals surface area contributed by atoms with Crippen LogP contribution in [-0.2, 0) is 11.2 Å². The molecule has 0 aromatic heterocycles. The van der Waals surface area contributed by atoms with Crippen molar-refractivity contribution >= 4 is 11.8 Å². The average Bonchev–Trinajstić information content (AvgIpc) is 2.60. The zero-order valence-corrected chi connectivity index (χ0v) is 8.90. The molecule has 4 nitrogen and oxygen atoms in total. The minimum atomic E-state index is -1.00. The van der Waals surface area contributed by atoms with Gasteiger partial charge in [0.1, 0.15) is 5.75 Å². The van der Waals surface area contributed by atoms with Crippen LogP contribution in [0.4, 0.5) is 0 Å². The topological polar surface area (TPSA) is 63.6 Å². The summed E-state index contributed by atoms with van der Waals surface area (Å²) in [4.78, 5) is 22.0. The van der Waals surface area contributed by atoms with E-state index in [1.54, 1.807) is 18.2 Å². The number of fused-ring (bicyclic) bond motifs is 1. The van der Waals surface area contributed by atoms with E-state index in [4.69, 9.17) is 9.84 Å². The second kappa shape index (κ2) is 3.96. The van der Waals surface area contributed by atoms with Crippen molar-refractivity contribution in [3.05, 3.63) is 29.3 Å². The minimum absolute atomic E-state index is 0.146. The van der Waals surface area contributed by atoms with Crippen molar-refractivity contribution in [1.82, 2.24) is 0 Å². The molecular formula is C12H12O4. The molecule has 0 fully saturated rings. The first-order valence-corrected chi connectivity index (χ1v) is 5.13. The van der Waals surface area contributed by atoms with Crippen LogP contribution in [0, 0.1) is 0 Å². The highest BCUT2D eigenvalue weighted by Gasteiger charge is 2.20. The second-order valence-corrected chi connectivity index (χ2v) is 3.84. The summed E-state index contributed by atoms with van der Waals surface area (Å²) in [7, 11) is 0. The van der Waals surface area contributed by atoms with E-state index in [0.717, 1.165) is 11.1 Å². The fourth-order valence-corrected chi connectivity index (χ4v) is 1.76. The fourth-order valence-electron chi connectivity index (χ4n) is 1.76. The van der Waals surface area contributed by atoms with Crippen molar-refractivity contribution in [2.45, 2.75) is 25.9 Å². The fraction of sp³-hybridized carbons (Fsp3) is 0.333. The molecular weight excluding hydrogens is 208 g/mol. The highest BCUT2D eigenvalue weighted by Crippen LogP contribution is 2.26. The van der Waals surface area contributed by atoms with Gasteiger partial charge in [-0.15, -0.1) is 0 Å². The van der Waals surface area contributed by atoms with E-state index in [1.165, 1.54) is 6.92 Å². The van der Waals surface area contributed by atoms with E-state index in [0.29, 0.717) is 18.6 Å². The first-order valence-electron chi connectivity index (χ1n) is 5.13. The van der Waals surface area contributed by atoms with Crippen LogP contribution in [0.25, 0.3) is 0 Å². The Morgan fingerprint density at radius 3 is 2.88 bits per heavy atom. The number of rotatable bonds is 3. The van der Waals surface area contributed by atoms with Crippen molar-refractivity contribution in [2.75, 3.05) is 0 Å². The number of hydrogen-bond acceptors (Lipinski definition) is 3. The molecule has 0 saturated carbocycles. The molecule has 1 unspecified atom stereocenters. The highest BCUT2D eigenvalue weighted by atomic mass is 16.5. The molecule has 0 radical (unpaired) electrons. The second-order valence-electron chi connectivity index (χ2n) is 3.84. The Morgan fingerprint density at radius 2 is 2.19 bits per heavy atom. The lowest BCUT2D eigenvalue weighted by atomic mass is 10.1. The van der Waals surface area contributed by atoms with Gasteiger partial charge >= 0.3 is 5.97 Å². The number of aryl methyl sites for hydroxylation is 1. The Balaban J connectivity index is 2.19. The van der Waals surface area contributed by atoms with Gasteiger partial charge in [0.25, 0.3) is 0 Å². The number of carbonyl (C=O) groups excluding carboxylic acids is 1. The molecule has 1 atom stereocenters. The Hall–Kier alpha value is -1.84. The average molecular weight is 220 g/mol. The van der Waals surface area contributed by atoms with E-state index in [2.05, 4.69) is 0 Å². The van der Waals surface area contributed by atoms with Gasteiger partial charge in [-0.2, -0.15) is 0 Å². The van der Waals surface area contributed by atoms with Crippen molar-refractivity contribution in [3.8, 4) is 5.75 Å². The molecule has 1 aromatic rings. The van der Waals surface area contributed by atoms with Gasteiger partial charge in [0.2, 0.25) is 0 Å². The number of carboxylic acid groups (broad SMARTS) is 1. The third-order valence-electron chi connectivity index (χ3n) is 2.66. The van der Waals surface area contributed by atoms with Crippen molar-refractivity contribution in [3.63, 3.8) is 0 Å². The van der Waals surface area contributed by atoms with Crippen LogP contribution in [0.1, 0.15) is 29.3 Å². The Bertz CT molecular complexity index is 450. The lowest BCUT2D eigenvalue weighted by Crippen LogP contribution is -2.22. The summed E-state index contributed by atoms with van der Waals surface area (Å²) in [6.07, 6.45) is 0.371. The number of aliphatic carboxylic acids is 1. The molecule has 4 heteroatoms. The number of benzene rings is 1. The monoisotopic (exact) mass is 220 g/mol. The van der Waals surface area contributed by atoms with Crippen LogP contribution < -0.4 is 4.74 Å². The summed E-state index contributed by atoms with van der Waals surface area (Å²) in [6.45, 7) is 1.47. The van der Waals surface area contributed by atoms with Crippen molar-refractivity contribution in [2.24, 2.45) is 0 Å². The zero-order chi connectivity index (χ0) is 11.7. The van der Waals surface area contributed by atoms with E-state index in [-0.39, 0.29) is 5.78 Å². The van der Waals surface area contributed by atoms with Crippen LogP contribution in [0.15, 0.2) is 18.2 Å². The molecule has 0 heterocycles. The molecule has 2 rings (SSSR count). The van der Waals surface area contributed by atoms with Crippen molar-refractivity contribution < 1.29 is 19.4 Å². The third kappa shape index (κ3) is 1.91. The van der Waals surface area contributed by atoms with Crippen molar-refractivity contribution in [1.29, 1.82) is 0 Å². The maximum Gasteiger partial charge on any atom is 0.344 e. The number of hydrogen-bond donors (Lipinski definition) is 1. The summed E-state index contributed by atoms with van der Waals surface area (Å²) in [6, 6.07) is 5.09. The predicted octanol–water partition coefficient (Wildman–Crippen LogP) is 1.67. The van der Waals surface area contributed by atoms with Gasteiger partial charge in [0, 0.05) is 12.0 Å². The molecule has 1 aliphatic rings. The zero-order valence-electron chi connectivity index (χ0n) is 8.90. The van der Waals surface area contributed by atoms with Crippen LogP contribution in [-0.4, -0.2) is 23.0 Å². The number of Topliss-reactive ketones (excluding diaryl/α,β-unsaturated/α-hetero) is 1. The lowest BCUT2D eigenvalue weighted by molar-refractivity contribution is -0.144. The molecule has 1 aliphatic carbocycles. The van der Waals surface area contributed by atoms with E-state index >= 15 is 0 Å². The summed E-state index contributed by atoms with van der Waals surface area (Å²) >= 11 is 0. The van der Waals surface area contributed by atoms with Gasteiger partial charge in [-0.3, -0.25) is 4.79 Å². The maximum atomic E-state index is 11.4. The summed E-state index contributed by atoms with van der Waals surface area (Å²) in [5.41, 5.74) is 1.68. The normalized spacial score (nSPS) is 15.7. The number of ether oxygens (including phenoxy) is 1. The summed E-state index contributed by atoms with van der Waals surface area (Å²) in [5.74, 6) is -0.354. The Kier molecular flexibility index (Phi) is 2.64. The van der Waals surface area contributed by atoms with Gasteiger partial charge < -0.3 is 9.84 Å². The largest absolute Gasteiger partial charge is 0.479 e. The summed E-state index contributed by atoms with van der Waals surface area (Å²) in [5, 5.41) is 8.70. The highest BCUT2D eigenvalue weighted by molar-refractivity contribution is 6.00. The molecule has 84 valence electrons. The minimum Gasteiger partial charge on any atom is -0.479 e. The van der Waals surface area contributed by atoms with Gasteiger partial charge in [0.05, 0.1) is 0 Å². The van der Waals surface area contributed by atoms with E-state index in [1.807, 2.05) is 0 Å². The number of ketones is 1. The first kappa shape index (κ1) is 10.7. The molecule has 0 saturated heterocycles.